The monoisotopic (exact) mass is 196 g/mol. The Balaban J connectivity index is 1.84. The first kappa shape index (κ1) is 9.61. The number of nitrogens with zero attached hydrogens (tertiary/aromatic N) is 3. The zero-order chi connectivity index (χ0) is 9.97. The van der Waals surface area contributed by atoms with E-state index < -0.39 is 0 Å². The summed E-state index contributed by atoms with van der Waals surface area (Å²) in [5.74, 6) is 1.37. The lowest BCUT2D eigenvalue weighted by atomic mass is 10.0. The molecule has 14 heavy (non-hydrogen) atoms. The van der Waals surface area contributed by atoms with E-state index in [-0.39, 0.29) is 6.04 Å². The smallest absolute Gasteiger partial charge is 0.213 e. The van der Waals surface area contributed by atoms with Crippen LogP contribution in [0.1, 0.15) is 19.2 Å². The summed E-state index contributed by atoms with van der Waals surface area (Å²) in [4.78, 5) is 6.32. The highest BCUT2D eigenvalue weighted by atomic mass is 16.5. The molecule has 2 unspecified atom stereocenters. The lowest BCUT2D eigenvalue weighted by Crippen LogP contribution is -2.29. The minimum absolute atomic E-state index is 0.283. The molecule has 78 valence electrons. The van der Waals surface area contributed by atoms with Crippen molar-refractivity contribution < 1.29 is 4.52 Å². The quantitative estimate of drug-likeness (QED) is 0.750. The van der Waals surface area contributed by atoms with Crippen LogP contribution in [0.5, 0.6) is 0 Å². The highest BCUT2D eigenvalue weighted by Crippen LogP contribution is 2.19. The number of aromatic nitrogens is 2. The summed E-state index contributed by atoms with van der Waals surface area (Å²) in [7, 11) is 0. The fourth-order valence-corrected chi connectivity index (χ4v) is 1.90. The van der Waals surface area contributed by atoms with Crippen LogP contribution >= 0.6 is 0 Å². The Morgan fingerprint density at radius 3 is 3.21 bits per heavy atom. The number of nitrogens with two attached hydrogens (primary N) is 1. The van der Waals surface area contributed by atoms with Crippen molar-refractivity contribution in [1.29, 1.82) is 0 Å². The lowest BCUT2D eigenvalue weighted by molar-refractivity contribution is 0.293. The second-order valence-electron chi connectivity index (χ2n) is 3.99. The van der Waals surface area contributed by atoms with Gasteiger partial charge in [-0.1, -0.05) is 5.16 Å². The van der Waals surface area contributed by atoms with Crippen LogP contribution in [0.2, 0.25) is 0 Å². The van der Waals surface area contributed by atoms with Gasteiger partial charge in [-0.05, 0) is 25.8 Å². The molecule has 0 aromatic carbocycles. The molecule has 1 aromatic heterocycles. The molecule has 1 fully saturated rings. The van der Waals surface area contributed by atoms with Gasteiger partial charge in [0, 0.05) is 12.6 Å². The minimum Gasteiger partial charge on any atom is -0.343 e. The maximum absolute atomic E-state index is 5.86. The van der Waals surface area contributed by atoms with Gasteiger partial charge in [-0.15, -0.1) is 0 Å². The van der Waals surface area contributed by atoms with Gasteiger partial charge in [0.15, 0.2) is 5.82 Å². The molecule has 5 nitrogen and oxygen atoms in total. The van der Waals surface area contributed by atoms with Crippen LogP contribution in [-0.4, -0.2) is 34.2 Å². The number of hydrogen-bond donors (Lipinski definition) is 1. The first-order chi connectivity index (χ1) is 6.75. The van der Waals surface area contributed by atoms with Crippen molar-refractivity contribution >= 4 is 0 Å². The molecule has 2 heterocycles. The van der Waals surface area contributed by atoms with E-state index in [0.29, 0.717) is 5.92 Å². The molecule has 0 saturated carbocycles. The lowest BCUT2D eigenvalue weighted by Gasteiger charge is -2.15. The molecule has 2 N–H and O–H groups in total. The van der Waals surface area contributed by atoms with Gasteiger partial charge < -0.3 is 10.3 Å². The largest absolute Gasteiger partial charge is 0.343 e. The molecule has 1 saturated heterocycles. The van der Waals surface area contributed by atoms with Crippen molar-refractivity contribution in [3.8, 4) is 0 Å². The van der Waals surface area contributed by atoms with E-state index in [1.54, 1.807) is 0 Å². The fraction of sp³-hybridized carbons (Fsp3) is 0.778. The van der Waals surface area contributed by atoms with Crippen LogP contribution < -0.4 is 5.73 Å². The van der Waals surface area contributed by atoms with Gasteiger partial charge in [0.05, 0.1) is 6.54 Å². The van der Waals surface area contributed by atoms with Gasteiger partial charge in [-0.2, -0.15) is 4.98 Å². The van der Waals surface area contributed by atoms with E-state index in [4.69, 9.17) is 5.73 Å². The van der Waals surface area contributed by atoms with Crippen molar-refractivity contribution in [2.75, 3.05) is 13.1 Å². The normalized spacial score (nSPS) is 25.4. The Labute approximate surface area is 83.3 Å². The van der Waals surface area contributed by atoms with E-state index in [9.17, 15) is 0 Å². The van der Waals surface area contributed by atoms with Crippen molar-refractivity contribution in [3.05, 3.63) is 12.2 Å². The second kappa shape index (κ2) is 4.06. The molecular formula is C9H16N4O. The van der Waals surface area contributed by atoms with Crippen LogP contribution in [0.3, 0.4) is 0 Å². The van der Waals surface area contributed by atoms with Crippen LogP contribution in [0, 0.1) is 5.92 Å². The average molecular weight is 196 g/mol. The minimum atomic E-state index is 0.283. The van der Waals surface area contributed by atoms with Crippen LogP contribution in [-0.2, 0) is 6.54 Å². The summed E-state index contributed by atoms with van der Waals surface area (Å²) in [6, 6.07) is 0.283. The molecule has 0 amide bonds. The van der Waals surface area contributed by atoms with Crippen molar-refractivity contribution in [2.24, 2.45) is 11.7 Å². The third-order valence-electron chi connectivity index (χ3n) is 2.82. The molecule has 2 atom stereocenters. The zero-order valence-electron chi connectivity index (χ0n) is 8.39. The molecule has 1 aliphatic rings. The Morgan fingerprint density at radius 2 is 2.64 bits per heavy atom. The predicted octanol–water partition coefficient (Wildman–Crippen LogP) is 0.239. The second-order valence-corrected chi connectivity index (χ2v) is 3.99. The summed E-state index contributed by atoms with van der Waals surface area (Å²) in [5, 5.41) is 3.79. The van der Waals surface area contributed by atoms with Crippen LogP contribution in [0.4, 0.5) is 0 Å². The zero-order valence-corrected chi connectivity index (χ0v) is 8.39. The third-order valence-corrected chi connectivity index (χ3v) is 2.82. The van der Waals surface area contributed by atoms with Crippen molar-refractivity contribution in [1.82, 2.24) is 15.0 Å². The maximum atomic E-state index is 5.86. The van der Waals surface area contributed by atoms with Gasteiger partial charge >= 0.3 is 0 Å². The molecule has 0 bridgehead atoms. The maximum Gasteiger partial charge on any atom is 0.213 e. The molecule has 0 radical (unpaired) electrons. The Bertz CT molecular complexity index is 272. The summed E-state index contributed by atoms with van der Waals surface area (Å²) in [5.41, 5.74) is 5.86. The number of hydrogen-bond acceptors (Lipinski definition) is 5. The standard InChI is InChI=1S/C9H16N4O/c1-7(10)8-2-3-13(4-8)5-9-11-6-14-12-9/h6-8H,2-5,10H2,1H3. The topological polar surface area (TPSA) is 68.2 Å². The number of likely N-dealkylation sites (tertiary alicyclic amines) is 1. The Kier molecular flexibility index (Phi) is 2.79. The Morgan fingerprint density at radius 1 is 1.79 bits per heavy atom. The van der Waals surface area contributed by atoms with E-state index in [1.165, 1.54) is 12.8 Å². The fourth-order valence-electron chi connectivity index (χ4n) is 1.90. The molecule has 2 rings (SSSR count). The van der Waals surface area contributed by atoms with Gasteiger partial charge in [0.25, 0.3) is 0 Å². The number of rotatable bonds is 3. The van der Waals surface area contributed by atoms with Gasteiger partial charge in [-0.25, -0.2) is 0 Å². The third kappa shape index (κ3) is 2.10. The summed E-state index contributed by atoms with van der Waals surface area (Å²) < 4.78 is 4.69. The first-order valence-electron chi connectivity index (χ1n) is 4.99. The molecule has 0 aliphatic carbocycles. The van der Waals surface area contributed by atoms with Gasteiger partial charge in [0.2, 0.25) is 6.39 Å². The van der Waals surface area contributed by atoms with Gasteiger partial charge in [-0.3, -0.25) is 4.90 Å². The summed E-state index contributed by atoms with van der Waals surface area (Å²) in [6.07, 6.45) is 2.55. The van der Waals surface area contributed by atoms with E-state index in [0.717, 1.165) is 25.5 Å². The van der Waals surface area contributed by atoms with Gasteiger partial charge in [0.1, 0.15) is 0 Å². The average Bonchev–Trinajstić information content (AvgIpc) is 2.75. The molecule has 1 aliphatic heterocycles. The highest BCUT2D eigenvalue weighted by Gasteiger charge is 2.25. The molecule has 5 heteroatoms. The highest BCUT2D eigenvalue weighted by molar-refractivity contribution is 4.85. The summed E-state index contributed by atoms with van der Waals surface area (Å²) in [6.45, 7) is 4.98. The predicted molar refractivity (Wildman–Crippen MR) is 51.3 cm³/mol. The first-order valence-corrected chi connectivity index (χ1v) is 4.99. The van der Waals surface area contributed by atoms with E-state index in [2.05, 4.69) is 26.5 Å². The molecular weight excluding hydrogens is 180 g/mol. The van der Waals surface area contributed by atoms with Crippen molar-refractivity contribution in [3.63, 3.8) is 0 Å². The van der Waals surface area contributed by atoms with E-state index in [1.807, 2.05) is 0 Å². The van der Waals surface area contributed by atoms with E-state index >= 15 is 0 Å². The van der Waals surface area contributed by atoms with Crippen molar-refractivity contribution in [2.45, 2.75) is 25.9 Å². The van der Waals surface area contributed by atoms with Crippen LogP contribution in [0.15, 0.2) is 10.9 Å². The molecule has 0 spiro atoms. The SMILES string of the molecule is CC(N)C1CCN(Cc2ncon2)C1. The summed E-state index contributed by atoms with van der Waals surface area (Å²) >= 11 is 0. The molecule has 1 aromatic rings. The van der Waals surface area contributed by atoms with Crippen LogP contribution in [0.25, 0.3) is 0 Å². The Hall–Kier alpha value is -0.940.